The molecule has 0 spiro atoms. The SMILES string of the molecule is C[C@H]1[C@H]2C[C@@H](CC(=O)N2)C1(C)C. The molecular weight excluding hydrogens is 150 g/mol. The van der Waals surface area contributed by atoms with Crippen LogP contribution >= 0.6 is 0 Å². The molecular formula is C10H17NO. The molecule has 12 heavy (non-hydrogen) atoms. The minimum atomic E-state index is 0.258. The molecule has 68 valence electrons. The second kappa shape index (κ2) is 2.24. The van der Waals surface area contributed by atoms with Gasteiger partial charge in [-0.3, -0.25) is 4.79 Å². The summed E-state index contributed by atoms with van der Waals surface area (Å²) in [6, 6.07) is 0.450. The predicted octanol–water partition coefficient (Wildman–Crippen LogP) is 1.56. The molecule has 2 bridgehead atoms. The van der Waals surface area contributed by atoms with Gasteiger partial charge in [0.2, 0.25) is 5.91 Å². The molecule has 0 aromatic carbocycles. The van der Waals surface area contributed by atoms with Gasteiger partial charge in [-0.1, -0.05) is 20.8 Å². The van der Waals surface area contributed by atoms with Crippen LogP contribution < -0.4 is 5.32 Å². The lowest BCUT2D eigenvalue weighted by molar-refractivity contribution is -0.124. The van der Waals surface area contributed by atoms with E-state index in [0.29, 0.717) is 23.3 Å². The minimum absolute atomic E-state index is 0.258. The lowest BCUT2D eigenvalue weighted by Gasteiger charge is -2.29. The van der Waals surface area contributed by atoms with Crippen LogP contribution in [0, 0.1) is 17.3 Å². The van der Waals surface area contributed by atoms with Gasteiger partial charge in [0.15, 0.2) is 0 Å². The fourth-order valence-electron chi connectivity index (χ4n) is 2.72. The highest BCUT2D eigenvalue weighted by molar-refractivity contribution is 5.78. The maximum atomic E-state index is 11.2. The maximum absolute atomic E-state index is 11.2. The van der Waals surface area contributed by atoms with Gasteiger partial charge in [-0.2, -0.15) is 0 Å². The van der Waals surface area contributed by atoms with Gasteiger partial charge >= 0.3 is 0 Å². The van der Waals surface area contributed by atoms with E-state index in [1.807, 2.05) is 0 Å². The van der Waals surface area contributed by atoms with E-state index in [9.17, 15) is 4.79 Å². The molecule has 2 heteroatoms. The van der Waals surface area contributed by atoms with Crippen molar-refractivity contribution in [3.05, 3.63) is 0 Å². The summed E-state index contributed by atoms with van der Waals surface area (Å²) >= 11 is 0. The van der Waals surface area contributed by atoms with Crippen LogP contribution in [0.4, 0.5) is 0 Å². The molecule has 2 nitrogen and oxygen atoms in total. The lowest BCUT2D eigenvalue weighted by Crippen LogP contribution is -2.39. The highest BCUT2D eigenvalue weighted by atomic mass is 16.1. The summed E-state index contributed by atoms with van der Waals surface area (Å²) in [5.41, 5.74) is 0.351. The van der Waals surface area contributed by atoms with Gasteiger partial charge < -0.3 is 5.32 Å². The Bertz CT molecular complexity index is 222. The van der Waals surface area contributed by atoms with Gasteiger partial charge in [-0.05, 0) is 23.7 Å². The topological polar surface area (TPSA) is 29.1 Å². The fourth-order valence-corrected chi connectivity index (χ4v) is 2.72. The van der Waals surface area contributed by atoms with Gasteiger partial charge in [0.25, 0.3) is 0 Å². The molecule has 2 aliphatic rings. The summed E-state index contributed by atoms with van der Waals surface area (Å²) in [6.45, 7) is 6.85. The van der Waals surface area contributed by atoms with Crippen LogP contribution in [0.1, 0.15) is 33.6 Å². The molecule has 2 fully saturated rings. The van der Waals surface area contributed by atoms with Crippen LogP contribution in [0.15, 0.2) is 0 Å². The summed E-state index contributed by atoms with van der Waals surface area (Å²) in [6.07, 6.45) is 1.94. The van der Waals surface area contributed by atoms with Crippen molar-refractivity contribution in [3.63, 3.8) is 0 Å². The number of hydrogen-bond acceptors (Lipinski definition) is 1. The van der Waals surface area contributed by atoms with Crippen LogP contribution in [-0.4, -0.2) is 11.9 Å². The van der Waals surface area contributed by atoms with Crippen LogP contribution in [0.25, 0.3) is 0 Å². The zero-order chi connectivity index (χ0) is 8.93. The Labute approximate surface area is 73.7 Å². The number of carbonyl (C=O) groups excluding carboxylic acids is 1. The number of carbonyl (C=O) groups is 1. The van der Waals surface area contributed by atoms with E-state index in [4.69, 9.17) is 0 Å². The monoisotopic (exact) mass is 167 g/mol. The molecule has 1 N–H and O–H groups in total. The van der Waals surface area contributed by atoms with Gasteiger partial charge in [0.05, 0.1) is 0 Å². The highest BCUT2D eigenvalue weighted by Gasteiger charge is 2.50. The molecule has 1 amide bonds. The van der Waals surface area contributed by atoms with Crippen molar-refractivity contribution in [2.75, 3.05) is 0 Å². The number of fused-ring (bicyclic) bond motifs is 2. The summed E-state index contributed by atoms with van der Waals surface area (Å²) < 4.78 is 0. The molecule has 1 heterocycles. The van der Waals surface area contributed by atoms with Crippen molar-refractivity contribution in [3.8, 4) is 0 Å². The van der Waals surface area contributed by atoms with Crippen molar-refractivity contribution in [1.82, 2.24) is 5.32 Å². The van der Waals surface area contributed by atoms with Gasteiger partial charge in [0.1, 0.15) is 0 Å². The van der Waals surface area contributed by atoms with Crippen LogP contribution in [0.2, 0.25) is 0 Å². The minimum Gasteiger partial charge on any atom is -0.353 e. The number of amides is 1. The molecule has 0 aromatic heterocycles. The van der Waals surface area contributed by atoms with Crippen molar-refractivity contribution in [2.45, 2.75) is 39.7 Å². The van der Waals surface area contributed by atoms with E-state index >= 15 is 0 Å². The largest absolute Gasteiger partial charge is 0.353 e. The first-order valence-electron chi connectivity index (χ1n) is 4.81. The number of hydrogen-bond donors (Lipinski definition) is 1. The molecule has 0 aromatic rings. The van der Waals surface area contributed by atoms with E-state index in [1.54, 1.807) is 0 Å². The van der Waals surface area contributed by atoms with Crippen molar-refractivity contribution < 1.29 is 4.79 Å². The molecule has 3 atom stereocenters. The highest BCUT2D eigenvalue weighted by Crippen LogP contribution is 2.50. The summed E-state index contributed by atoms with van der Waals surface area (Å²) in [4.78, 5) is 11.2. The van der Waals surface area contributed by atoms with Crippen LogP contribution in [-0.2, 0) is 4.79 Å². The molecule has 2 rings (SSSR count). The third kappa shape index (κ3) is 0.900. The van der Waals surface area contributed by atoms with E-state index < -0.39 is 0 Å². The second-order valence-corrected chi connectivity index (χ2v) is 4.92. The van der Waals surface area contributed by atoms with E-state index in [0.717, 1.165) is 6.42 Å². The molecule has 0 radical (unpaired) electrons. The molecule has 1 aliphatic carbocycles. The Balaban J connectivity index is 2.28. The molecule has 1 aliphatic heterocycles. The third-order valence-electron chi connectivity index (χ3n) is 4.15. The zero-order valence-electron chi connectivity index (χ0n) is 8.05. The second-order valence-electron chi connectivity index (χ2n) is 4.92. The normalized spacial score (nSPS) is 44.2. The number of rotatable bonds is 0. The number of nitrogens with one attached hydrogen (secondary N) is 1. The predicted molar refractivity (Wildman–Crippen MR) is 47.6 cm³/mol. The van der Waals surface area contributed by atoms with Gasteiger partial charge in [-0.15, -0.1) is 0 Å². The molecule has 0 unspecified atom stereocenters. The molecule has 1 saturated carbocycles. The smallest absolute Gasteiger partial charge is 0.220 e. The van der Waals surface area contributed by atoms with Crippen molar-refractivity contribution >= 4 is 5.91 Å². The van der Waals surface area contributed by atoms with Gasteiger partial charge in [0, 0.05) is 12.5 Å². The summed E-state index contributed by atoms with van der Waals surface area (Å²) in [5, 5.41) is 3.07. The van der Waals surface area contributed by atoms with E-state index in [2.05, 4.69) is 26.1 Å². The summed E-state index contributed by atoms with van der Waals surface area (Å²) in [5.74, 6) is 1.51. The maximum Gasteiger partial charge on any atom is 0.220 e. The lowest BCUT2D eigenvalue weighted by atomic mass is 9.75. The Morgan fingerprint density at radius 3 is 2.75 bits per heavy atom. The van der Waals surface area contributed by atoms with Crippen molar-refractivity contribution in [2.24, 2.45) is 17.3 Å². The van der Waals surface area contributed by atoms with Crippen molar-refractivity contribution in [1.29, 1.82) is 0 Å². The first-order chi connectivity index (χ1) is 5.51. The van der Waals surface area contributed by atoms with Crippen LogP contribution in [0.3, 0.4) is 0 Å². The van der Waals surface area contributed by atoms with Gasteiger partial charge in [-0.25, -0.2) is 0 Å². The standard InChI is InChI=1S/C10H17NO/c1-6-8-4-7(10(6,2)3)5-9(12)11-8/h6-8H,4-5H2,1-3H3,(H,11,12)/t6-,7-,8+/m0/s1. The Kier molecular flexibility index (Phi) is 1.51. The average molecular weight is 167 g/mol. The average Bonchev–Trinajstić information content (AvgIpc) is 2.14. The number of piperidine rings is 1. The van der Waals surface area contributed by atoms with E-state index in [1.165, 1.54) is 6.42 Å². The summed E-state index contributed by atoms with van der Waals surface area (Å²) in [7, 11) is 0. The van der Waals surface area contributed by atoms with E-state index in [-0.39, 0.29) is 5.91 Å². The molecule has 1 saturated heterocycles. The van der Waals surface area contributed by atoms with Crippen LogP contribution in [0.5, 0.6) is 0 Å². The Morgan fingerprint density at radius 2 is 2.17 bits per heavy atom. The zero-order valence-corrected chi connectivity index (χ0v) is 8.05. The first-order valence-corrected chi connectivity index (χ1v) is 4.81. The third-order valence-corrected chi connectivity index (χ3v) is 4.15. The quantitative estimate of drug-likeness (QED) is 0.583. The first kappa shape index (κ1) is 8.09. The fraction of sp³-hybridized carbons (Fsp3) is 0.900. The Morgan fingerprint density at radius 1 is 1.50 bits per heavy atom. The Hall–Kier alpha value is -0.530.